The second-order valence-corrected chi connectivity index (χ2v) is 7.03. The quantitative estimate of drug-likeness (QED) is 0.599. The van der Waals surface area contributed by atoms with Crippen LogP contribution in [0, 0.1) is 0 Å². The molecule has 142 valence electrons. The number of carbonyl (C=O) groups is 2. The smallest absolute Gasteiger partial charge is 0.265 e. The van der Waals surface area contributed by atoms with Gasteiger partial charge in [-0.3, -0.25) is 9.59 Å². The van der Waals surface area contributed by atoms with Gasteiger partial charge < -0.3 is 16.4 Å². The van der Waals surface area contributed by atoms with Gasteiger partial charge in [0.15, 0.2) is 0 Å². The fraction of sp³-hybridized carbons (Fsp3) is 0.333. The Bertz CT molecular complexity index is 723. The van der Waals surface area contributed by atoms with E-state index in [4.69, 9.17) is 17.3 Å². The average molecular weight is 416 g/mol. The molecule has 5 nitrogen and oxygen atoms in total. The minimum Gasteiger partial charge on any atom is -0.348 e. The van der Waals surface area contributed by atoms with E-state index in [1.54, 1.807) is 30.3 Å². The third-order valence-electron chi connectivity index (χ3n) is 3.75. The monoisotopic (exact) mass is 415 g/mol. The first-order chi connectivity index (χ1) is 12.0. The zero-order chi connectivity index (χ0) is 18.2. The number of hydrogen-bond donors (Lipinski definition) is 3. The third kappa shape index (κ3) is 6.29. The molecule has 0 saturated carbocycles. The van der Waals surface area contributed by atoms with Crippen molar-refractivity contribution in [1.29, 1.82) is 0 Å². The largest absolute Gasteiger partial charge is 0.348 e. The fourth-order valence-corrected chi connectivity index (χ4v) is 3.11. The van der Waals surface area contributed by atoms with E-state index < -0.39 is 0 Å². The molecule has 0 radical (unpaired) electrons. The maximum Gasteiger partial charge on any atom is 0.265 e. The summed E-state index contributed by atoms with van der Waals surface area (Å²) >= 11 is 7.48. The van der Waals surface area contributed by atoms with Crippen LogP contribution in [0.3, 0.4) is 0 Å². The maximum atomic E-state index is 12.4. The predicted molar refractivity (Wildman–Crippen MR) is 111 cm³/mol. The Morgan fingerprint density at radius 3 is 2.65 bits per heavy atom. The van der Waals surface area contributed by atoms with Crippen molar-refractivity contribution < 1.29 is 9.59 Å². The van der Waals surface area contributed by atoms with Crippen molar-refractivity contribution in [1.82, 2.24) is 5.32 Å². The zero-order valence-electron chi connectivity index (χ0n) is 14.5. The van der Waals surface area contributed by atoms with Gasteiger partial charge in [0.05, 0.1) is 15.6 Å². The molecule has 0 bridgehead atoms. The molecule has 1 aromatic carbocycles. The van der Waals surface area contributed by atoms with Gasteiger partial charge in [-0.2, -0.15) is 0 Å². The number of unbranched alkanes of at least 4 members (excludes halogenated alkanes) is 1. The van der Waals surface area contributed by atoms with Gasteiger partial charge in [0.25, 0.3) is 11.8 Å². The van der Waals surface area contributed by atoms with Gasteiger partial charge in [-0.25, -0.2) is 0 Å². The lowest BCUT2D eigenvalue weighted by atomic mass is 10.1. The highest BCUT2D eigenvalue weighted by atomic mass is 35.5. The number of hydrogen-bond acceptors (Lipinski definition) is 4. The Morgan fingerprint density at radius 2 is 2.04 bits per heavy atom. The summed E-state index contributed by atoms with van der Waals surface area (Å²) in [6, 6.07) is 8.28. The van der Waals surface area contributed by atoms with E-state index in [0.717, 1.165) is 19.3 Å². The lowest BCUT2D eigenvalue weighted by Gasteiger charge is -2.17. The summed E-state index contributed by atoms with van der Waals surface area (Å²) in [6.45, 7) is 2.48. The van der Waals surface area contributed by atoms with Crippen LogP contribution in [0.2, 0.25) is 5.02 Å². The Hall–Kier alpha value is -1.60. The Kier molecular flexibility index (Phi) is 9.65. The van der Waals surface area contributed by atoms with Gasteiger partial charge in [0.2, 0.25) is 0 Å². The molecule has 0 fully saturated rings. The molecule has 0 aliphatic heterocycles. The number of thiophene rings is 1. The van der Waals surface area contributed by atoms with E-state index in [1.165, 1.54) is 11.3 Å². The highest BCUT2D eigenvalue weighted by molar-refractivity contribution is 7.12. The molecule has 2 aromatic rings. The lowest BCUT2D eigenvalue weighted by molar-refractivity contribution is 0.0934. The minimum atomic E-state index is -0.253. The summed E-state index contributed by atoms with van der Waals surface area (Å²) in [6.07, 6.45) is 2.89. The van der Waals surface area contributed by atoms with Crippen LogP contribution >= 0.6 is 35.3 Å². The molecule has 0 saturated heterocycles. The molecule has 0 aliphatic rings. The van der Waals surface area contributed by atoms with E-state index in [0.29, 0.717) is 27.7 Å². The maximum absolute atomic E-state index is 12.4. The fourth-order valence-electron chi connectivity index (χ4n) is 2.32. The van der Waals surface area contributed by atoms with Crippen molar-refractivity contribution in [3.63, 3.8) is 0 Å². The van der Waals surface area contributed by atoms with Crippen molar-refractivity contribution in [3.05, 3.63) is 51.2 Å². The zero-order valence-corrected chi connectivity index (χ0v) is 16.8. The SMILES string of the molecule is CCCCC(CN)NC(=O)c1ccc(Cl)c(NC(=O)c2cccs2)c1.Cl. The summed E-state index contributed by atoms with van der Waals surface area (Å²) in [4.78, 5) is 25.2. The molecule has 1 aromatic heterocycles. The predicted octanol–water partition coefficient (Wildman–Crippen LogP) is 4.32. The number of nitrogens with two attached hydrogens (primary N) is 1. The van der Waals surface area contributed by atoms with Crippen LogP contribution in [0.4, 0.5) is 5.69 Å². The van der Waals surface area contributed by atoms with Crippen LogP contribution in [-0.2, 0) is 0 Å². The summed E-state index contributed by atoms with van der Waals surface area (Å²) in [5.41, 5.74) is 6.56. The first-order valence-corrected chi connectivity index (χ1v) is 9.46. The standard InChI is InChI=1S/C18H22ClN3O2S.ClH/c1-2-3-5-13(11-20)21-17(23)12-7-8-14(19)15(10-12)22-18(24)16-6-4-9-25-16;/h4,6-10,13H,2-3,5,11,20H2,1H3,(H,21,23)(H,22,24);1H. The van der Waals surface area contributed by atoms with Gasteiger partial charge in [-0.05, 0) is 36.1 Å². The second kappa shape index (κ2) is 11.2. The molecule has 1 atom stereocenters. The van der Waals surface area contributed by atoms with Crippen LogP contribution in [-0.4, -0.2) is 24.4 Å². The van der Waals surface area contributed by atoms with Crippen LogP contribution in [0.5, 0.6) is 0 Å². The van der Waals surface area contributed by atoms with Gasteiger partial charge in [0.1, 0.15) is 0 Å². The number of carbonyl (C=O) groups excluding carboxylic acids is 2. The van der Waals surface area contributed by atoms with E-state index >= 15 is 0 Å². The van der Waals surface area contributed by atoms with Crippen LogP contribution in [0.15, 0.2) is 35.7 Å². The highest BCUT2D eigenvalue weighted by Gasteiger charge is 2.15. The van der Waals surface area contributed by atoms with Gasteiger partial charge in [-0.1, -0.05) is 37.4 Å². The first-order valence-electron chi connectivity index (χ1n) is 8.20. The number of halogens is 2. The number of rotatable bonds is 8. The van der Waals surface area contributed by atoms with Gasteiger partial charge >= 0.3 is 0 Å². The Morgan fingerprint density at radius 1 is 1.27 bits per heavy atom. The molecule has 1 heterocycles. The van der Waals surface area contributed by atoms with Gasteiger partial charge in [-0.15, -0.1) is 23.7 Å². The molecule has 26 heavy (non-hydrogen) atoms. The number of nitrogens with one attached hydrogen (secondary N) is 2. The lowest BCUT2D eigenvalue weighted by Crippen LogP contribution is -2.40. The Balaban J connectivity index is 0.00000338. The van der Waals surface area contributed by atoms with Crippen LogP contribution < -0.4 is 16.4 Å². The van der Waals surface area contributed by atoms with E-state index in [1.807, 2.05) is 5.38 Å². The molecule has 2 rings (SSSR count). The van der Waals surface area contributed by atoms with Crippen molar-refractivity contribution in [2.75, 3.05) is 11.9 Å². The van der Waals surface area contributed by atoms with Crippen molar-refractivity contribution >= 4 is 52.8 Å². The molecular formula is C18H23Cl2N3O2S. The molecule has 4 N–H and O–H groups in total. The molecule has 0 spiro atoms. The summed E-state index contributed by atoms with van der Waals surface area (Å²) in [5.74, 6) is -0.480. The summed E-state index contributed by atoms with van der Waals surface area (Å²) < 4.78 is 0. The normalized spacial score (nSPS) is 11.3. The van der Waals surface area contributed by atoms with E-state index in [2.05, 4.69) is 17.6 Å². The molecule has 8 heteroatoms. The van der Waals surface area contributed by atoms with Crippen LogP contribution in [0.25, 0.3) is 0 Å². The third-order valence-corrected chi connectivity index (χ3v) is 4.95. The van der Waals surface area contributed by atoms with E-state index in [9.17, 15) is 9.59 Å². The van der Waals surface area contributed by atoms with E-state index in [-0.39, 0.29) is 30.3 Å². The number of anilines is 1. The topological polar surface area (TPSA) is 84.2 Å². The van der Waals surface area contributed by atoms with Crippen LogP contribution in [0.1, 0.15) is 46.2 Å². The second-order valence-electron chi connectivity index (χ2n) is 5.67. The van der Waals surface area contributed by atoms with Crippen molar-refractivity contribution in [2.24, 2.45) is 5.73 Å². The summed E-state index contributed by atoms with van der Waals surface area (Å²) in [7, 11) is 0. The minimum absolute atomic E-state index is 0. The van der Waals surface area contributed by atoms with Crippen molar-refractivity contribution in [2.45, 2.75) is 32.2 Å². The highest BCUT2D eigenvalue weighted by Crippen LogP contribution is 2.24. The number of benzene rings is 1. The summed E-state index contributed by atoms with van der Waals surface area (Å²) in [5, 5.41) is 7.87. The average Bonchev–Trinajstić information content (AvgIpc) is 3.15. The molecule has 0 aliphatic carbocycles. The first kappa shape index (κ1) is 22.4. The molecule has 2 amide bonds. The molecule has 1 unspecified atom stereocenters. The Labute approximate surface area is 168 Å². The van der Waals surface area contributed by atoms with Crippen molar-refractivity contribution in [3.8, 4) is 0 Å². The molecular weight excluding hydrogens is 393 g/mol. The number of amides is 2. The van der Waals surface area contributed by atoms with Gasteiger partial charge in [0, 0.05) is 18.2 Å².